The number of thiazole rings is 1. The van der Waals surface area contributed by atoms with E-state index in [2.05, 4.69) is 10.3 Å². The van der Waals surface area contributed by atoms with Gasteiger partial charge in [0.05, 0.1) is 14.2 Å². The summed E-state index contributed by atoms with van der Waals surface area (Å²) in [7, 11) is 3.19. The van der Waals surface area contributed by atoms with Gasteiger partial charge in [0, 0.05) is 11.4 Å². The van der Waals surface area contributed by atoms with Crippen molar-refractivity contribution in [3.8, 4) is 11.5 Å². The van der Waals surface area contributed by atoms with E-state index in [1.54, 1.807) is 14.2 Å². The molecular weight excluding hydrogens is 324 g/mol. The van der Waals surface area contributed by atoms with E-state index >= 15 is 0 Å². The van der Waals surface area contributed by atoms with Gasteiger partial charge in [0.15, 0.2) is 16.0 Å². The number of aryl methyl sites for hydroxylation is 1. The molecule has 118 valence electrons. The molecule has 7 heteroatoms. The third-order valence-electron chi connectivity index (χ3n) is 3.13. The van der Waals surface area contributed by atoms with Gasteiger partial charge in [-0.25, -0.2) is 4.98 Å². The monoisotopic (exact) mass is 340 g/mol. The maximum absolute atomic E-state index is 12.0. The molecule has 1 heterocycles. The summed E-state index contributed by atoms with van der Waals surface area (Å²) in [6.45, 7) is 2.33. The number of nitrogens with one attached hydrogen (secondary N) is 1. The number of carbonyl (C=O) groups is 1. The van der Waals surface area contributed by atoms with E-state index in [9.17, 15) is 4.79 Å². The summed E-state index contributed by atoms with van der Waals surface area (Å²) in [5, 5.41) is 2.84. The van der Waals surface area contributed by atoms with E-state index in [0.29, 0.717) is 34.6 Å². The summed E-state index contributed by atoms with van der Waals surface area (Å²) < 4.78 is 10.8. The van der Waals surface area contributed by atoms with Crippen LogP contribution in [0.5, 0.6) is 11.5 Å². The Hall–Kier alpha value is -1.79. The Labute approximate surface area is 138 Å². The number of benzene rings is 1. The van der Waals surface area contributed by atoms with Gasteiger partial charge in [-0.1, -0.05) is 17.7 Å². The SMILES string of the molecule is COc1ccc(CCNC(=O)c2nc(Cl)sc2C)cc1OC. The fourth-order valence-corrected chi connectivity index (χ4v) is 3.07. The molecule has 22 heavy (non-hydrogen) atoms. The van der Waals surface area contributed by atoms with Crippen LogP contribution >= 0.6 is 22.9 Å². The Morgan fingerprint density at radius 1 is 1.32 bits per heavy atom. The zero-order chi connectivity index (χ0) is 16.1. The number of nitrogens with zero attached hydrogens (tertiary/aromatic N) is 1. The van der Waals surface area contributed by atoms with Crippen molar-refractivity contribution >= 4 is 28.8 Å². The zero-order valence-corrected chi connectivity index (χ0v) is 14.2. The molecule has 1 N–H and O–H groups in total. The van der Waals surface area contributed by atoms with Crippen molar-refractivity contribution in [1.29, 1.82) is 0 Å². The van der Waals surface area contributed by atoms with Gasteiger partial charge in [-0.3, -0.25) is 4.79 Å². The topological polar surface area (TPSA) is 60.5 Å². The lowest BCUT2D eigenvalue weighted by molar-refractivity contribution is 0.0949. The van der Waals surface area contributed by atoms with E-state index in [4.69, 9.17) is 21.1 Å². The molecule has 0 atom stereocenters. The fraction of sp³-hybridized carbons (Fsp3) is 0.333. The first kappa shape index (κ1) is 16.6. The number of carbonyl (C=O) groups excluding carboxylic acids is 1. The average Bonchev–Trinajstić information content (AvgIpc) is 2.85. The maximum Gasteiger partial charge on any atom is 0.271 e. The zero-order valence-electron chi connectivity index (χ0n) is 12.6. The highest BCUT2D eigenvalue weighted by Crippen LogP contribution is 2.27. The molecule has 1 aromatic carbocycles. The lowest BCUT2D eigenvalue weighted by atomic mass is 10.1. The Bertz CT molecular complexity index is 673. The summed E-state index contributed by atoms with van der Waals surface area (Å²) in [5.41, 5.74) is 1.44. The number of aromatic nitrogens is 1. The largest absolute Gasteiger partial charge is 0.493 e. The number of hydrogen-bond donors (Lipinski definition) is 1. The third-order valence-corrected chi connectivity index (χ3v) is 4.21. The molecule has 0 radical (unpaired) electrons. The molecule has 0 fully saturated rings. The van der Waals surface area contributed by atoms with Crippen molar-refractivity contribution < 1.29 is 14.3 Å². The molecule has 0 spiro atoms. The second kappa shape index (κ2) is 7.47. The normalized spacial score (nSPS) is 10.4. The molecule has 1 amide bonds. The number of ether oxygens (including phenoxy) is 2. The quantitative estimate of drug-likeness (QED) is 0.877. The molecule has 0 aliphatic heterocycles. The number of rotatable bonds is 6. The first-order chi connectivity index (χ1) is 10.5. The van der Waals surface area contributed by atoms with Gasteiger partial charge in [0.2, 0.25) is 0 Å². The van der Waals surface area contributed by atoms with Crippen LogP contribution in [0.2, 0.25) is 4.47 Å². The molecule has 2 rings (SSSR count). The van der Waals surface area contributed by atoms with Crippen molar-refractivity contribution in [3.05, 3.63) is 38.8 Å². The second-order valence-corrected chi connectivity index (χ2v) is 6.35. The van der Waals surface area contributed by atoms with Crippen molar-refractivity contribution in [2.75, 3.05) is 20.8 Å². The van der Waals surface area contributed by atoms with Crippen LogP contribution in [0.3, 0.4) is 0 Å². The van der Waals surface area contributed by atoms with Crippen LogP contribution in [0.1, 0.15) is 20.9 Å². The average molecular weight is 341 g/mol. The number of halogens is 1. The second-order valence-electron chi connectivity index (χ2n) is 4.57. The minimum Gasteiger partial charge on any atom is -0.493 e. The van der Waals surface area contributed by atoms with Crippen molar-refractivity contribution in [2.24, 2.45) is 0 Å². The van der Waals surface area contributed by atoms with Crippen molar-refractivity contribution in [2.45, 2.75) is 13.3 Å². The molecule has 0 aliphatic carbocycles. The van der Waals surface area contributed by atoms with E-state index in [0.717, 1.165) is 10.4 Å². The molecule has 0 bridgehead atoms. The van der Waals surface area contributed by atoms with Gasteiger partial charge in [-0.2, -0.15) is 0 Å². The van der Waals surface area contributed by atoms with Crippen molar-refractivity contribution in [3.63, 3.8) is 0 Å². The molecule has 1 aromatic heterocycles. The van der Waals surface area contributed by atoms with Crippen LogP contribution < -0.4 is 14.8 Å². The molecule has 0 aliphatic rings. The fourth-order valence-electron chi connectivity index (χ4n) is 2.01. The summed E-state index contributed by atoms with van der Waals surface area (Å²) >= 11 is 7.10. The molecule has 0 saturated carbocycles. The highest BCUT2D eigenvalue weighted by atomic mass is 35.5. The summed E-state index contributed by atoms with van der Waals surface area (Å²) in [6, 6.07) is 5.69. The van der Waals surface area contributed by atoms with E-state index in [-0.39, 0.29) is 5.91 Å². The van der Waals surface area contributed by atoms with Gasteiger partial charge in [0.25, 0.3) is 5.91 Å². The molecule has 0 saturated heterocycles. The lowest BCUT2D eigenvalue weighted by Crippen LogP contribution is -2.26. The smallest absolute Gasteiger partial charge is 0.271 e. The summed E-state index contributed by atoms with van der Waals surface area (Å²) in [4.78, 5) is 16.9. The minimum atomic E-state index is -0.207. The Morgan fingerprint density at radius 3 is 2.64 bits per heavy atom. The van der Waals surface area contributed by atoms with Gasteiger partial charge in [-0.05, 0) is 31.0 Å². The minimum absolute atomic E-state index is 0.207. The van der Waals surface area contributed by atoms with E-state index in [1.807, 2.05) is 25.1 Å². The molecule has 0 unspecified atom stereocenters. The van der Waals surface area contributed by atoms with Crippen LogP contribution in [-0.2, 0) is 6.42 Å². The summed E-state index contributed by atoms with van der Waals surface area (Å²) in [6.07, 6.45) is 0.684. The van der Waals surface area contributed by atoms with Gasteiger partial charge in [0.1, 0.15) is 5.69 Å². The van der Waals surface area contributed by atoms with Crippen LogP contribution in [0.4, 0.5) is 0 Å². The maximum atomic E-state index is 12.0. The highest BCUT2D eigenvalue weighted by molar-refractivity contribution is 7.15. The Morgan fingerprint density at radius 2 is 2.05 bits per heavy atom. The van der Waals surface area contributed by atoms with Crippen LogP contribution in [-0.4, -0.2) is 31.7 Å². The Balaban J connectivity index is 1.93. The number of hydrogen-bond acceptors (Lipinski definition) is 5. The summed E-state index contributed by atoms with van der Waals surface area (Å²) in [5.74, 6) is 1.15. The standard InChI is InChI=1S/C15H17ClN2O3S/c1-9-13(18-15(16)22-9)14(19)17-7-6-10-4-5-11(20-2)12(8-10)21-3/h4-5,8H,6-7H2,1-3H3,(H,17,19). The lowest BCUT2D eigenvalue weighted by Gasteiger charge is -2.10. The first-order valence-electron chi connectivity index (χ1n) is 6.67. The molecule has 2 aromatic rings. The predicted octanol–water partition coefficient (Wildman–Crippen LogP) is 3.09. The predicted molar refractivity (Wildman–Crippen MR) is 87.4 cm³/mol. The van der Waals surface area contributed by atoms with Crippen LogP contribution in [0.25, 0.3) is 0 Å². The Kier molecular flexibility index (Phi) is 5.63. The van der Waals surface area contributed by atoms with Crippen LogP contribution in [0, 0.1) is 6.92 Å². The molecule has 5 nitrogen and oxygen atoms in total. The van der Waals surface area contributed by atoms with Crippen LogP contribution in [0.15, 0.2) is 18.2 Å². The van der Waals surface area contributed by atoms with Gasteiger partial charge < -0.3 is 14.8 Å². The highest BCUT2D eigenvalue weighted by Gasteiger charge is 2.14. The number of amides is 1. The van der Waals surface area contributed by atoms with E-state index in [1.165, 1.54) is 11.3 Å². The van der Waals surface area contributed by atoms with Crippen molar-refractivity contribution in [1.82, 2.24) is 10.3 Å². The van der Waals surface area contributed by atoms with E-state index < -0.39 is 0 Å². The number of methoxy groups -OCH3 is 2. The van der Waals surface area contributed by atoms with Gasteiger partial charge >= 0.3 is 0 Å². The third kappa shape index (κ3) is 3.90. The van der Waals surface area contributed by atoms with Gasteiger partial charge in [-0.15, -0.1) is 11.3 Å². The molecular formula is C15H17ClN2O3S. The first-order valence-corrected chi connectivity index (χ1v) is 7.86.